The number of hydrogen-bond donors (Lipinski definition) is 1. The smallest absolute Gasteiger partial charge is 0.208 e. The van der Waals surface area contributed by atoms with Gasteiger partial charge in [0.05, 0.1) is 12.2 Å². The number of aryl methyl sites for hydroxylation is 2. The summed E-state index contributed by atoms with van der Waals surface area (Å²) in [4.78, 5) is 6.96. The van der Waals surface area contributed by atoms with E-state index in [0.29, 0.717) is 0 Å². The summed E-state index contributed by atoms with van der Waals surface area (Å²) >= 11 is 0. The summed E-state index contributed by atoms with van der Waals surface area (Å²) in [7, 11) is 0. The molecule has 0 amide bonds. The van der Waals surface area contributed by atoms with Gasteiger partial charge in [0, 0.05) is 32.6 Å². The van der Waals surface area contributed by atoms with Gasteiger partial charge in [0.1, 0.15) is 5.76 Å². The van der Waals surface area contributed by atoms with E-state index in [4.69, 9.17) is 4.42 Å². The molecule has 0 bridgehead atoms. The summed E-state index contributed by atoms with van der Waals surface area (Å²) < 4.78 is 5.76. The van der Waals surface area contributed by atoms with Gasteiger partial charge in [0.2, 0.25) is 5.89 Å². The molecule has 4 heteroatoms. The molecule has 1 aromatic rings. The Hall–Kier alpha value is -0.870. The van der Waals surface area contributed by atoms with Gasteiger partial charge < -0.3 is 9.73 Å². The van der Waals surface area contributed by atoms with Gasteiger partial charge in [-0.25, -0.2) is 4.98 Å². The van der Waals surface area contributed by atoms with Crippen LogP contribution in [0.3, 0.4) is 0 Å². The number of aromatic nitrogens is 1. The predicted molar refractivity (Wildman–Crippen MR) is 56.7 cm³/mol. The van der Waals surface area contributed by atoms with Gasteiger partial charge in [-0.3, -0.25) is 4.90 Å². The van der Waals surface area contributed by atoms with Gasteiger partial charge >= 0.3 is 0 Å². The van der Waals surface area contributed by atoms with Gasteiger partial charge in [-0.15, -0.1) is 0 Å². The largest absolute Gasteiger partial charge is 0.444 e. The van der Waals surface area contributed by atoms with Gasteiger partial charge in [-0.05, 0) is 12.8 Å². The van der Waals surface area contributed by atoms with Crippen LogP contribution in [-0.4, -0.2) is 36.1 Å². The molecule has 15 heavy (non-hydrogen) atoms. The summed E-state index contributed by atoms with van der Waals surface area (Å²) in [5.74, 6) is 2.06. The molecule has 0 spiro atoms. The summed E-state index contributed by atoms with van der Waals surface area (Å²) in [5, 5.41) is 3.35. The van der Waals surface area contributed by atoms with Crippen LogP contribution in [-0.2, 0) is 19.4 Å². The van der Waals surface area contributed by atoms with Crippen LogP contribution in [0.4, 0.5) is 0 Å². The standard InChI is InChI=1S/C11H17N3O/c1-2-9-10(3-1)15-11(13-9)8-14-6-4-12-5-7-14/h12H,1-8H2. The van der Waals surface area contributed by atoms with Crippen molar-refractivity contribution in [2.75, 3.05) is 26.2 Å². The molecule has 0 atom stereocenters. The Bertz CT molecular complexity index is 320. The molecule has 0 radical (unpaired) electrons. The minimum absolute atomic E-state index is 0.884. The van der Waals surface area contributed by atoms with Crippen molar-refractivity contribution in [2.45, 2.75) is 25.8 Å². The second-order valence-electron chi connectivity index (χ2n) is 4.36. The van der Waals surface area contributed by atoms with Crippen molar-refractivity contribution in [1.82, 2.24) is 15.2 Å². The fraction of sp³-hybridized carbons (Fsp3) is 0.727. The zero-order valence-electron chi connectivity index (χ0n) is 8.96. The molecule has 2 aliphatic rings. The van der Waals surface area contributed by atoms with Crippen LogP contribution in [0, 0.1) is 0 Å². The first-order valence-corrected chi connectivity index (χ1v) is 5.82. The molecule has 0 aromatic carbocycles. The third kappa shape index (κ3) is 1.92. The van der Waals surface area contributed by atoms with Crippen LogP contribution in [0.1, 0.15) is 23.8 Å². The Labute approximate surface area is 89.7 Å². The molecule has 3 rings (SSSR count). The maximum Gasteiger partial charge on any atom is 0.208 e. The van der Waals surface area contributed by atoms with Crippen LogP contribution in [0.2, 0.25) is 0 Å². The van der Waals surface area contributed by atoms with Crippen LogP contribution in [0.5, 0.6) is 0 Å². The molecule has 0 saturated carbocycles. The van der Waals surface area contributed by atoms with E-state index in [1.807, 2.05) is 0 Å². The molecule has 1 aromatic heterocycles. The normalized spacial score (nSPS) is 21.9. The SMILES string of the molecule is C1Cc2nc(CN3CCNCC3)oc2C1. The second-order valence-corrected chi connectivity index (χ2v) is 4.36. The third-order valence-electron chi connectivity index (χ3n) is 3.21. The molecular formula is C11H17N3O. The maximum absolute atomic E-state index is 5.76. The van der Waals surface area contributed by atoms with Crippen LogP contribution >= 0.6 is 0 Å². The molecule has 1 fully saturated rings. The Morgan fingerprint density at radius 2 is 2.13 bits per heavy atom. The minimum Gasteiger partial charge on any atom is -0.444 e. The van der Waals surface area contributed by atoms with Crippen molar-refractivity contribution < 1.29 is 4.42 Å². The number of rotatable bonds is 2. The topological polar surface area (TPSA) is 41.3 Å². The van der Waals surface area contributed by atoms with Crippen molar-refractivity contribution in [1.29, 1.82) is 0 Å². The van der Waals surface area contributed by atoms with Gasteiger partial charge in [-0.1, -0.05) is 0 Å². The number of piperazine rings is 1. The molecular weight excluding hydrogens is 190 g/mol. The van der Waals surface area contributed by atoms with Gasteiger partial charge in [0.15, 0.2) is 0 Å². The van der Waals surface area contributed by atoms with Crippen LogP contribution < -0.4 is 5.32 Å². The number of nitrogens with zero attached hydrogens (tertiary/aromatic N) is 2. The number of oxazole rings is 1. The molecule has 2 heterocycles. The number of nitrogens with one attached hydrogen (secondary N) is 1. The van der Waals surface area contributed by atoms with E-state index in [1.165, 1.54) is 12.1 Å². The van der Waals surface area contributed by atoms with E-state index in [-0.39, 0.29) is 0 Å². The third-order valence-corrected chi connectivity index (χ3v) is 3.21. The van der Waals surface area contributed by atoms with Crippen LogP contribution in [0.15, 0.2) is 4.42 Å². The van der Waals surface area contributed by atoms with E-state index in [9.17, 15) is 0 Å². The lowest BCUT2D eigenvalue weighted by atomic mass is 10.3. The summed E-state index contributed by atoms with van der Waals surface area (Å²) in [6.45, 7) is 5.26. The molecule has 1 saturated heterocycles. The Morgan fingerprint density at radius 3 is 2.93 bits per heavy atom. The summed E-state index contributed by atoms with van der Waals surface area (Å²) in [6.07, 6.45) is 3.42. The average Bonchev–Trinajstić information content (AvgIpc) is 2.79. The lowest BCUT2D eigenvalue weighted by Crippen LogP contribution is -2.42. The highest BCUT2D eigenvalue weighted by molar-refractivity contribution is 5.15. The lowest BCUT2D eigenvalue weighted by molar-refractivity contribution is 0.210. The molecule has 1 aliphatic heterocycles. The monoisotopic (exact) mass is 207 g/mol. The lowest BCUT2D eigenvalue weighted by Gasteiger charge is -2.25. The van der Waals surface area contributed by atoms with Crippen LogP contribution in [0.25, 0.3) is 0 Å². The van der Waals surface area contributed by atoms with E-state index in [0.717, 1.165) is 57.2 Å². The first-order valence-electron chi connectivity index (χ1n) is 5.82. The second kappa shape index (κ2) is 3.94. The van der Waals surface area contributed by atoms with E-state index >= 15 is 0 Å². The Balaban J connectivity index is 1.66. The van der Waals surface area contributed by atoms with E-state index in [2.05, 4.69) is 15.2 Å². The quantitative estimate of drug-likeness (QED) is 0.769. The first-order chi connectivity index (χ1) is 7.42. The maximum atomic E-state index is 5.76. The van der Waals surface area contributed by atoms with Crippen molar-refractivity contribution >= 4 is 0 Å². The van der Waals surface area contributed by atoms with Crippen molar-refractivity contribution in [3.8, 4) is 0 Å². The Morgan fingerprint density at radius 1 is 1.27 bits per heavy atom. The average molecular weight is 207 g/mol. The van der Waals surface area contributed by atoms with Gasteiger partial charge in [-0.2, -0.15) is 0 Å². The predicted octanol–water partition coefficient (Wildman–Crippen LogP) is 0.568. The molecule has 4 nitrogen and oxygen atoms in total. The van der Waals surface area contributed by atoms with Crippen molar-refractivity contribution in [3.63, 3.8) is 0 Å². The zero-order valence-corrected chi connectivity index (χ0v) is 8.96. The van der Waals surface area contributed by atoms with Gasteiger partial charge in [0.25, 0.3) is 0 Å². The zero-order chi connectivity index (χ0) is 10.1. The number of fused-ring (bicyclic) bond motifs is 1. The molecule has 1 aliphatic carbocycles. The van der Waals surface area contributed by atoms with E-state index < -0.39 is 0 Å². The van der Waals surface area contributed by atoms with Crippen molar-refractivity contribution in [3.05, 3.63) is 17.3 Å². The summed E-state index contributed by atoms with van der Waals surface area (Å²) in [6, 6.07) is 0. The minimum atomic E-state index is 0.884. The number of hydrogen-bond acceptors (Lipinski definition) is 4. The molecule has 1 N–H and O–H groups in total. The summed E-state index contributed by atoms with van der Waals surface area (Å²) in [5.41, 5.74) is 1.21. The van der Waals surface area contributed by atoms with E-state index in [1.54, 1.807) is 0 Å². The highest BCUT2D eigenvalue weighted by atomic mass is 16.4. The fourth-order valence-corrected chi connectivity index (χ4v) is 2.37. The molecule has 0 unspecified atom stereocenters. The molecule has 82 valence electrons. The Kier molecular flexibility index (Phi) is 2.46. The van der Waals surface area contributed by atoms with Crippen molar-refractivity contribution in [2.24, 2.45) is 0 Å². The fourth-order valence-electron chi connectivity index (χ4n) is 2.37. The highest BCUT2D eigenvalue weighted by Crippen LogP contribution is 2.22. The first kappa shape index (κ1) is 9.36. The highest BCUT2D eigenvalue weighted by Gasteiger charge is 2.20.